The second-order valence-corrected chi connectivity index (χ2v) is 4.19. The van der Waals surface area contributed by atoms with Crippen LogP contribution < -0.4 is 5.32 Å². The Hall–Kier alpha value is -0.200. The van der Waals surface area contributed by atoms with Gasteiger partial charge in [-0.25, -0.2) is 0 Å². The smallest absolute Gasteiger partial charge is 0.0841 e. The van der Waals surface area contributed by atoms with Crippen molar-refractivity contribution in [2.45, 2.75) is 24.5 Å². The van der Waals surface area contributed by atoms with Gasteiger partial charge in [-0.05, 0) is 18.6 Å². The summed E-state index contributed by atoms with van der Waals surface area (Å²) >= 11 is 2.04. The Morgan fingerprint density at radius 3 is 3.09 bits per heavy atom. The molecule has 1 unspecified atom stereocenters. The van der Waals surface area contributed by atoms with E-state index in [2.05, 4.69) is 11.4 Å². The van der Waals surface area contributed by atoms with E-state index in [-0.39, 0.29) is 0 Å². The van der Waals surface area contributed by atoms with Gasteiger partial charge in [-0.2, -0.15) is 17.0 Å². The maximum atomic E-state index is 8.28. The maximum absolute atomic E-state index is 8.28. The molecule has 1 fully saturated rings. The highest BCUT2D eigenvalue weighted by molar-refractivity contribution is 7.99. The fourth-order valence-corrected chi connectivity index (χ4v) is 2.53. The summed E-state index contributed by atoms with van der Waals surface area (Å²) in [6.07, 6.45) is 4.06. The zero-order valence-corrected chi connectivity index (χ0v) is 7.49. The van der Waals surface area contributed by atoms with Crippen molar-refractivity contribution in [3.63, 3.8) is 0 Å². The van der Waals surface area contributed by atoms with Crippen LogP contribution in [0.1, 0.15) is 19.3 Å². The summed E-state index contributed by atoms with van der Waals surface area (Å²) in [6, 6.07) is 2.09. The first-order chi connectivity index (χ1) is 5.43. The molecular formula is C8H14N2S. The van der Waals surface area contributed by atoms with Crippen molar-refractivity contribution in [1.82, 2.24) is 5.32 Å². The number of thioether (sulfide) groups is 1. The normalized spacial score (nSPS) is 24.5. The Bertz CT molecular complexity index is 136. The zero-order valence-electron chi connectivity index (χ0n) is 6.68. The lowest BCUT2D eigenvalue weighted by Gasteiger charge is -2.20. The van der Waals surface area contributed by atoms with E-state index in [1.165, 1.54) is 25.0 Å². The third-order valence-corrected chi connectivity index (χ3v) is 3.25. The van der Waals surface area contributed by atoms with E-state index in [1.54, 1.807) is 0 Å². The van der Waals surface area contributed by atoms with Crippen molar-refractivity contribution in [3.8, 4) is 6.07 Å². The second kappa shape index (κ2) is 5.45. The van der Waals surface area contributed by atoms with Crippen LogP contribution in [0.3, 0.4) is 0 Å². The minimum absolute atomic E-state index is 0.497. The third-order valence-electron chi connectivity index (χ3n) is 1.85. The van der Waals surface area contributed by atoms with Crippen LogP contribution in [0.4, 0.5) is 0 Å². The Labute approximate surface area is 72.4 Å². The van der Waals surface area contributed by atoms with Crippen LogP contribution in [0.25, 0.3) is 0 Å². The summed E-state index contributed by atoms with van der Waals surface area (Å²) in [5.74, 6) is 1.30. The summed E-state index contributed by atoms with van der Waals surface area (Å²) in [5, 5.41) is 12.2. The van der Waals surface area contributed by atoms with Gasteiger partial charge in [-0.15, -0.1) is 0 Å². The van der Waals surface area contributed by atoms with E-state index >= 15 is 0 Å². The highest BCUT2D eigenvalue weighted by Crippen LogP contribution is 2.23. The average Bonchev–Trinajstić information content (AvgIpc) is 2.07. The summed E-state index contributed by atoms with van der Waals surface area (Å²) < 4.78 is 0. The third kappa shape index (κ3) is 3.64. The molecule has 0 aromatic heterocycles. The molecule has 0 spiro atoms. The maximum Gasteiger partial charge on any atom is 0.0841 e. The molecule has 1 aliphatic rings. The Morgan fingerprint density at radius 1 is 1.55 bits per heavy atom. The van der Waals surface area contributed by atoms with Crippen molar-refractivity contribution in [2.24, 2.45) is 0 Å². The highest BCUT2D eigenvalue weighted by Gasteiger charge is 2.12. The van der Waals surface area contributed by atoms with E-state index in [0.29, 0.717) is 6.54 Å². The van der Waals surface area contributed by atoms with Gasteiger partial charge in [-0.3, -0.25) is 0 Å². The van der Waals surface area contributed by atoms with E-state index in [1.807, 2.05) is 11.8 Å². The molecule has 0 saturated carbocycles. The highest BCUT2D eigenvalue weighted by atomic mass is 32.2. The lowest BCUT2D eigenvalue weighted by Crippen LogP contribution is -2.26. The van der Waals surface area contributed by atoms with E-state index in [0.717, 1.165) is 11.8 Å². The molecule has 11 heavy (non-hydrogen) atoms. The summed E-state index contributed by atoms with van der Waals surface area (Å²) in [6.45, 7) is 1.51. The molecule has 1 N–H and O–H groups in total. The summed E-state index contributed by atoms with van der Waals surface area (Å²) in [7, 11) is 0. The van der Waals surface area contributed by atoms with Crippen molar-refractivity contribution in [3.05, 3.63) is 0 Å². The molecule has 0 radical (unpaired) electrons. The molecule has 0 aliphatic carbocycles. The van der Waals surface area contributed by atoms with Crippen LogP contribution in [0, 0.1) is 11.3 Å². The Kier molecular flexibility index (Phi) is 4.41. The fourth-order valence-electron chi connectivity index (χ4n) is 1.26. The van der Waals surface area contributed by atoms with Crippen LogP contribution in [0.15, 0.2) is 0 Å². The van der Waals surface area contributed by atoms with Gasteiger partial charge >= 0.3 is 0 Å². The topological polar surface area (TPSA) is 35.8 Å². The Balaban J connectivity index is 2.01. The van der Waals surface area contributed by atoms with Gasteiger partial charge in [0.05, 0.1) is 12.6 Å². The lowest BCUT2D eigenvalue weighted by molar-refractivity contribution is 0.620. The van der Waals surface area contributed by atoms with Crippen LogP contribution in [0.2, 0.25) is 0 Å². The first kappa shape index (κ1) is 8.89. The van der Waals surface area contributed by atoms with Gasteiger partial charge in [0.1, 0.15) is 0 Å². The van der Waals surface area contributed by atoms with Crippen LogP contribution in [0.5, 0.6) is 0 Å². The molecule has 0 amide bonds. The summed E-state index contributed by atoms with van der Waals surface area (Å²) in [4.78, 5) is 0. The van der Waals surface area contributed by atoms with Crippen LogP contribution in [-0.2, 0) is 0 Å². The molecule has 1 saturated heterocycles. The number of nitrogens with zero attached hydrogens (tertiary/aromatic N) is 1. The average molecular weight is 170 g/mol. The lowest BCUT2D eigenvalue weighted by atomic mass is 10.2. The molecule has 0 aromatic carbocycles. The molecule has 2 nitrogen and oxygen atoms in total. The minimum atomic E-state index is 0.497. The second-order valence-electron chi connectivity index (χ2n) is 2.78. The van der Waals surface area contributed by atoms with Gasteiger partial charge < -0.3 is 5.32 Å². The first-order valence-corrected chi connectivity index (χ1v) is 5.17. The van der Waals surface area contributed by atoms with E-state index < -0.39 is 0 Å². The molecule has 1 atom stereocenters. The predicted molar refractivity (Wildman–Crippen MR) is 48.6 cm³/mol. The summed E-state index contributed by atoms with van der Waals surface area (Å²) in [5.41, 5.74) is 0. The molecule has 3 heteroatoms. The zero-order chi connectivity index (χ0) is 7.94. The van der Waals surface area contributed by atoms with Gasteiger partial charge in [-0.1, -0.05) is 6.42 Å². The minimum Gasteiger partial charge on any atom is -0.303 e. The molecule has 0 bridgehead atoms. The largest absolute Gasteiger partial charge is 0.303 e. The molecule has 62 valence electrons. The number of hydrogen-bond donors (Lipinski definition) is 1. The van der Waals surface area contributed by atoms with Gasteiger partial charge in [0.15, 0.2) is 0 Å². The predicted octanol–water partition coefficient (Wildman–Crippen LogP) is 1.39. The van der Waals surface area contributed by atoms with E-state index in [4.69, 9.17) is 5.26 Å². The molecule has 0 aromatic rings. The van der Waals surface area contributed by atoms with Crippen molar-refractivity contribution < 1.29 is 0 Å². The van der Waals surface area contributed by atoms with Crippen molar-refractivity contribution in [2.75, 3.05) is 18.8 Å². The fraction of sp³-hybridized carbons (Fsp3) is 0.875. The molecule has 1 heterocycles. The SMILES string of the molecule is N#CCNCC1CCCCS1. The monoisotopic (exact) mass is 170 g/mol. The number of rotatable bonds is 3. The van der Waals surface area contributed by atoms with Gasteiger partial charge in [0.25, 0.3) is 0 Å². The van der Waals surface area contributed by atoms with E-state index in [9.17, 15) is 0 Å². The van der Waals surface area contributed by atoms with Crippen LogP contribution in [-0.4, -0.2) is 24.1 Å². The van der Waals surface area contributed by atoms with Gasteiger partial charge in [0.2, 0.25) is 0 Å². The van der Waals surface area contributed by atoms with Crippen molar-refractivity contribution in [1.29, 1.82) is 5.26 Å². The van der Waals surface area contributed by atoms with Crippen LogP contribution >= 0.6 is 11.8 Å². The Morgan fingerprint density at radius 2 is 2.45 bits per heavy atom. The van der Waals surface area contributed by atoms with Gasteiger partial charge in [0, 0.05) is 11.8 Å². The number of hydrogen-bond acceptors (Lipinski definition) is 3. The standard InChI is InChI=1S/C8H14N2S/c9-4-5-10-7-8-3-1-2-6-11-8/h8,10H,1-3,5-7H2. The molecule has 1 rings (SSSR count). The molecule has 1 aliphatic heterocycles. The number of nitriles is 1. The quantitative estimate of drug-likeness (QED) is 0.513. The number of nitrogens with one attached hydrogen (secondary N) is 1. The molecular weight excluding hydrogens is 156 g/mol. The van der Waals surface area contributed by atoms with Crippen molar-refractivity contribution >= 4 is 11.8 Å². The first-order valence-electron chi connectivity index (χ1n) is 4.13.